The average Bonchev–Trinajstić information content (AvgIpc) is 2.63. The molecule has 2 aromatic rings. The van der Waals surface area contributed by atoms with E-state index in [4.69, 9.17) is 28.9 Å². The van der Waals surface area contributed by atoms with Crippen LogP contribution in [0.5, 0.6) is 0 Å². The number of hydrogen-bond donors (Lipinski definition) is 1. The van der Waals surface area contributed by atoms with Gasteiger partial charge in [0, 0.05) is 14.4 Å². The second kappa shape index (κ2) is 5.07. The minimum atomic E-state index is -0.270. The van der Waals surface area contributed by atoms with Gasteiger partial charge in [-0.05, 0) is 29.1 Å². The highest BCUT2D eigenvalue weighted by Gasteiger charge is 2.16. The Bertz CT molecular complexity index is 512. The van der Waals surface area contributed by atoms with Crippen LogP contribution in [0, 0.1) is 0 Å². The van der Waals surface area contributed by atoms with Gasteiger partial charge in [-0.25, -0.2) is 0 Å². The Kier molecular flexibility index (Phi) is 3.93. The zero-order chi connectivity index (χ0) is 11.7. The Balaban J connectivity index is 2.41. The molecule has 84 valence electrons. The molecule has 1 aromatic carbocycles. The van der Waals surface area contributed by atoms with Gasteiger partial charge in [-0.1, -0.05) is 45.2 Å². The van der Waals surface area contributed by atoms with E-state index in [1.807, 2.05) is 29.6 Å². The van der Waals surface area contributed by atoms with Crippen molar-refractivity contribution in [2.24, 2.45) is 5.73 Å². The first-order valence-corrected chi connectivity index (χ1v) is 6.96. The molecule has 0 aliphatic carbocycles. The SMILES string of the molecule is NC(c1ccc(Br)cc1Cl)c1sccc1Cl. The van der Waals surface area contributed by atoms with Gasteiger partial charge in [0.15, 0.2) is 0 Å². The summed E-state index contributed by atoms with van der Waals surface area (Å²) in [6, 6.07) is 7.23. The van der Waals surface area contributed by atoms with Crippen LogP contribution < -0.4 is 5.73 Å². The van der Waals surface area contributed by atoms with Gasteiger partial charge >= 0.3 is 0 Å². The van der Waals surface area contributed by atoms with E-state index < -0.39 is 0 Å². The third-order valence-electron chi connectivity index (χ3n) is 2.22. The maximum absolute atomic E-state index is 6.15. The highest BCUT2D eigenvalue weighted by atomic mass is 79.9. The summed E-state index contributed by atoms with van der Waals surface area (Å²) in [5.74, 6) is 0. The van der Waals surface area contributed by atoms with E-state index in [2.05, 4.69) is 15.9 Å². The summed E-state index contributed by atoms with van der Waals surface area (Å²) in [6.45, 7) is 0. The lowest BCUT2D eigenvalue weighted by atomic mass is 10.1. The first-order valence-electron chi connectivity index (χ1n) is 4.53. The van der Waals surface area contributed by atoms with Gasteiger partial charge in [-0.2, -0.15) is 0 Å². The number of thiophene rings is 1. The minimum absolute atomic E-state index is 0.270. The van der Waals surface area contributed by atoms with Crippen LogP contribution in [-0.2, 0) is 0 Å². The van der Waals surface area contributed by atoms with Crippen LogP contribution in [0.2, 0.25) is 10.0 Å². The van der Waals surface area contributed by atoms with Crippen LogP contribution >= 0.6 is 50.5 Å². The van der Waals surface area contributed by atoms with E-state index in [1.54, 1.807) is 0 Å². The molecule has 1 nitrogen and oxygen atoms in total. The summed E-state index contributed by atoms with van der Waals surface area (Å²) < 4.78 is 0.936. The number of benzene rings is 1. The van der Waals surface area contributed by atoms with Gasteiger partial charge < -0.3 is 5.73 Å². The summed E-state index contributed by atoms with van der Waals surface area (Å²) in [6.07, 6.45) is 0. The molecule has 0 amide bonds. The molecule has 0 aliphatic rings. The van der Waals surface area contributed by atoms with E-state index in [0.717, 1.165) is 14.9 Å². The van der Waals surface area contributed by atoms with Crippen molar-refractivity contribution < 1.29 is 0 Å². The average molecular weight is 337 g/mol. The standard InChI is InChI=1S/C11H8BrCl2NS/c12-6-1-2-7(9(14)5-6)10(15)11-8(13)3-4-16-11/h1-5,10H,15H2. The van der Waals surface area contributed by atoms with E-state index in [1.165, 1.54) is 11.3 Å². The zero-order valence-corrected chi connectivity index (χ0v) is 12.0. The Morgan fingerprint density at radius 3 is 2.50 bits per heavy atom. The Morgan fingerprint density at radius 1 is 1.19 bits per heavy atom. The summed E-state index contributed by atoms with van der Waals surface area (Å²) in [5.41, 5.74) is 7.02. The summed E-state index contributed by atoms with van der Waals surface area (Å²) in [5, 5.41) is 3.26. The maximum atomic E-state index is 6.15. The topological polar surface area (TPSA) is 26.0 Å². The number of rotatable bonds is 2. The maximum Gasteiger partial charge on any atom is 0.0675 e. The number of hydrogen-bond acceptors (Lipinski definition) is 2. The van der Waals surface area contributed by atoms with Crippen LogP contribution in [0.1, 0.15) is 16.5 Å². The van der Waals surface area contributed by atoms with Crippen molar-refractivity contribution in [3.63, 3.8) is 0 Å². The number of halogens is 3. The van der Waals surface area contributed by atoms with Crippen LogP contribution in [0.25, 0.3) is 0 Å². The first-order chi connectivity index (χ1) is 7.59. The molecule has 2 rings (SSSR count). The van der Waals surface area contributed by atoms with Crippen LogP contribution in [0.4, 0.5) is 0 Å². The first kappa shape index (κ1) is 12.4. The molecule has 0 spiro atoms. The highest BCUT2D eigenvalue weighted by molar-refractivity contribution is 9.10. The van der Waals surface area contributed by atoms with Gasteiger partial charge in [-0.15, -0.1) is 11.3 Å². The van der Waals surface area contributed by atoms with Crippen LogP contribution in [0.3, 0.4) is 0 Å². The summed E-state index contributed by atoms with van der Waals surface area (Å²) in [7, 11) is 0. The normalized spacial score (nSPS) is 12.8. The van der Waals surface area contributed by atoms with Crippen molar-refractivity contribution in [1.82, 2.24) is 0 Å². The molecule has 2 N–H and O–H groups in total. The molecule has 0 saturated carbocycles. The van der Waals surface area contributed by atoms with Gasteiger partial charge in [0.05, 0.1) is 11.1 Å². The van der Waals surface area contributed by atoms with Gasteiger partial charge in [-0.3, -0.25) is 0 Å². The molecule has 5 heteroatoms. The third-order valence-corrected chi connectivity index (χ3v) is 4.49. The number of nitrogens with two attached hydrogens (primary N) is 1. The Morgan fingerprint density at radius 2 is 1.94 bits per heavy atom. The molecule has 1 unspecified atom stereocenters. The molecule has 0 bridgehead atoms. The third kappa shape index (κ3) is 2.44. The van der Waals surface area contributed by atoms with E-state index in [9.17, 15) is 0 Å². The second-order valence-electron chi connectivity index (χ2n) is 3.28. The predicted octanol–water partition coefficient (Wildman–Crippen LogP) is 4.87. The summed E-state index contributed by atoms with van der Waals surface area (Å²) in [4.78, 5) is 0.936. The predicted molar refractivity (Wildman–Crippen MR) is 74.5 cm³/mol. The summed E-state index contributed by atoms with van der Waals surface area (Å²) >= 11 is 17.1. The van der Waals surface area contributed by atoms with E-state index in [-0.39, 0.29) is 6.04 Å². The van der Waals surface area contributed by atoms with Gasteiger partial charge in [0.2, 0.25) is 0 Å². The Hall–Kier alpha value is -0.0600. The molecule has 0 radical (unpaired) electrons. The highest BCUT2D eigenvalue weighted by Crippen LogP contribution is 2.35. The molecule has 1 heterocycles. The van der Waals surface area contributed by atoms with Gasteiger partial charge in [0.1, 0.15) is 0 Å². The minimum Gasteiger partial charge on any atom is -0.320 e. The van der Waals surface area contributed by atoms with E-state index >= 15 is 0 Å². The lowest BCUT2D eigenvalue weighted by molar-refractivity contribution is 0.893. The van der Waals surface area contributed by atoms with Crippen molar-refractivity contribution in [1.29, 1.82) is 0 Å². The largest absolute Gasteiger partial charge is 0.320 e. The molecule has 0 saturated heterocycles. The van der Waals surface area contributed by atoms with Crippen molar-refractivity contribution in [3.8, 4) is 0 Å². The van der Waals surface area contributed by atoms with Crippen LogP contribution in [0.15, 0.2) is 34.1 Å². The molecule has 1 atom stereocenters. The fraction of sp³-hybridized carbons (Fsp3) is 0.0909. The van der Waals surface area contributed by atoms with Crippen LogP contribution in [-0.4, -0.2) is 0 Å². The lowest BCUT2D eigenvalue weighted by Crippen LogP contribution is -2.11. The fourth-order valence-electron chi connectivity index (χ4n) is 1.42. The van der Waals surface area contributed by atoms with Gasteiger partial charge in [0.25, 0.3) is 0 Å². The molecule has 0 fully saturated rings. The molecule has 0 aliphatic heterocycles. The molecule has 1 aromatic heterocycles. The van der Waals surface area contributed by atoms with Crippen molar-refractivity contribution >= 4 is 50.5 Å². The van der Waals surface area contributed by atoms with Crippen molar-refractivity contribution in [3.05, 3.63) is 54.6 Å². The smallest absolute Gasteiger partial charge is 0.0675 e. The van der Waals surface area contributed by atoms with Crippen molar-refractivity contribution in [2.75, 3.05) is 0 Å². The monoisotopic (exact) mass is 335 g/mol. The molecular weight excluding hydrogens is 329 g/mol. The zero-order valence-electron chi connectivity index (χ0n) is 8.08. The fourth-order valence-corrected chi connectivity index (χ4v) is 3.41. The quantitative estimate of drug-likeness (QED) is 0.832. The Labute approximate surface area is 116 Å². The lowest BCUT2D eigenvalue weighted by Gasteiger charge is -2.13. The van der Waals surface area contributed by atoms with E-state index in [0.29, 0.717) is 10.0 Å². The molecular formula is C11H8BrCl2NS. The second-order valence-corrected chi connectivity index (χ2v) is 5.95. The van der Waals surface area contributed by atoms with Crippen molar-refractivity contribution in [2.45, 2.75) is 6.04 Å². The molecule has 16 heavy (non-hydrogen) atoms.